The highest BCUT2D eigenvalue weighted by atomic mass is 32.2. The lowest BCUT2D eigenvalue weighted by molar-refractivity contribution is -0.703. The Morgan fingerprint density at radius 1 is 1.18 bits per heavy atom. The van der Waals surface area contributed by atoms with Crippen molar-refractivity contribution in [1.29, 1.82) is 0 Å². The highest BCUT2D eigenvalue weighted by Crippen LogP contribution is 2.27. The zero-order valence-corrected chi connectivity index (χ0v) is 14.8. The average Bonchev–Trinajstić information content (AvgIpc) is 3.10. The summed E-state index contributed by atoms with van der Waals surface area (Å²) < 4.78 is 40.5. The Kier molecular flexibility index (Phi) is 5.51. The number of hydrogen-bond acceptors (Lipinski definition) is 8. The predicted molar refractivity (Wildman–Crippen MR) is 94.7 cm³/mol. The van der Waals surface area contributed by atoms with Crippen molar-refractivity contribution < 1.29 is 38.5 Å². The molecule has 3 rings (SSSR count). The summed E-state index contributed by atoms with van der Waals surface area (Å²) in [5.41, 5.74) is 4.85. The number of phenolic OH excluding ortho intramolecular Hbond substituents is 2. The molecule has 0 atom stereocenters. The van der Waals surface area contributed by atoms with Gasteiger partial charge in [-0.15, -0.1) is 29.2 Å². The van der Waals surface area contributed by atoms with E-state index < -0.39 is 12.1 Å². The van der Waals surface area contributed by atoms with E-state index in [-0.39, 0.29) is 28.6 Å². The van der Waals surface area contributed by atoms with Crippen LogP contribution in [0.25, 0.3) is 0 Å². The number of hydrogen-bond donors (Lipinski definition) is 4. The number of benzene rings is 2. The van der Waals surface area contributed by atoms with Crippen molar-refractivity contribution >= 4 is 28.4 Å². The fraction of sp³-hybridized carbons (Fsp3) is 0.125. The number of ketones is 1. The van der Waals surface area contributed by atoms with Crippen LogP contribution in [0.4, 0.5) is 18.9 Å². The number of nitrogens with one attached hydrogen (secondary N) is 1. The molecule has 2 aromatic rings. The molecule has 0 saturated heterocycles. The third kappa shape index (κ3) is 4.78. The lowest BCUT2D eigenvalue weighted by atomic mass is 10.1. The minimum atomic E-state index is -4.77. The fourth-order valence-corrected chi connectivity index (χ4v) is 3.10. The first kappa shape index (κ1) is 19.6. The molecule has 0 bridgehead atoms. The molecule has 5 N–H and O–H groups in total. The molecule has 1 aliphatic rings. The summed E-state index contributed by atoms with van der Waals surface area (Å²) in [6.07, 6.45) is -4.77. The van der Waals surface area contributed by atoms with Crippen LogP contribution in [-0.4, -0.2) is 33.3 Å². The standard InChI is InChI=1S/C16H13F3N4O4S/c17-16(18,19)27-11-4-2-10(3-5-11)23-15(20-21-22-23)28-8-14(26)9-1-6-12(24)13(25)7-9/h1-7,21-22,24-25H,8H2/p+1. The first-order chi connectivity index (χ1) is 13.2. The van der Waals surface area contributed by atoms with Crippen LogP contribution in [-0.2, 0) is 0 Å². The number of quaternary nitrogens is 1. The second-order valence-electron chi connectivity index (χ2n) is 5.48. The van der Waals surface area contributed by atoms with Gasteiger partial charge in [-0.05, 0) is 42.5 Å². The van der Waals surface area contributed by atoms with Crippen LogP contribution < -0.4 is 20.8 Å². The van der Waals surface area contributed by atoms with Crippen LogP contribution in [0.3, 0.4) is 0 Å². The van der Waals surface area contributed by atoms with E-state index >= 15 is 0 Å². The molecule has 0 aliphatic carbocycles. The van der Waals surface area contributed by atoms with E-state index in [1.165, 1.54) is 41.9 Å². The fourth-order valence-electron chi connectivity index (χ4n) is 2.26. The number of alkyl halides is 3. The number of ether oxygens (including phenoxy) is 1. The van der Waals surface area contributed by atoms with Gasteiger partial charge in [-0.3, -0.25) is 4.79 Å². The molecule has 0 saturated carbocycles. The molecular weight excluding hydrogens is 401 g/mol. The van der Waals surface area contributed by atoms with Crippen molar-refractivity contribution in [1.82, 2.24) is 5.53 Å². The Bertz CT molecular complexity index is 906. The van der Waals surface area contributed by atoms with E-state index in [1.807, 2.05) is 0 Å². The minimum absolute atomic E-state index is 0.00959. The molecule has 0 fully saturated rings. The van der Waals surface area contributed by atoms with Gasteiger partial charge in [0, 0.05) is 5.56 Å². The number of nitrogens with zero attached hydrogens (tertiary/aromatic N) is 2. The predicted octanol–water partition coefficient (Wildman–Crippen LogP) is 1.69. The molecule has 0 radical (unpaired) electrons. The molecule has 28 heavy (non-hydrogen) atoms. The average molecular weight is 415 g/mol. The molecule has 0 aromatic heterocycles. The van der Waals surface area contributed by atoms with Crippen LogP contribution in [0.2, 0.25) is 0 Å². The minimum Gasteiger partial charge on any atom is -0.504 e. The van der Waals surface area contributed by atoms with Gasteiger partial charge in [0.25, 0.3) is 0 Å². The number of halogens is 3. The van der Waals surface area contributed by atoms with Gasteiger partial charge in [-0.1, -0.05) is 16.9 Å². The largest absolute Gasteiger partial charge is 0.573 e. The summed E-state index contributed by atoms with van der Waals surface area (Å²) in [7, 11) is 0. The van der Waals surface area contributed by atoms with E-state index in [4.69, 9.17) is 0 Å². The zero-order chi connectivity index (χ0) is 20.3. The van der Waals surface area contributed by atoms with Crippen molar-refractivity contribution in [2.24, 2.45) is 5.10 Å². The van der Waals surface area contributed by atoms with Crippen molar-refractivity contribution in [3.05, 3.63) is 48.0 Å². The zero-order valence-electron chi connectivity index (χ0n) is 14.0. The van der Waals surface area contributed by atoms with E-state index in [1.54, 1.807) is 5.01 Å². The van der Waals surface area contributed by atoms with E-state index in [2.05, 4.69) is 15.4 Å². The van der Waals surface area contributed by atoms with Gasteiger partial charge in [0.2, 0.25) is 5.17 Å². The van der Waals surface area contributed by atoms with Gasteiger partial charge in [0.05, 0.1) is 11.4 Å². The smallest absolute Gasteiger partial charge is 0.504 e. The highest BCUT2D eigenvalue weighted by molar-refractivity contribution is 8.14. The lowest BCUT2D eigenvalue weighted by Crippen LogP contribution is -2.98. The van der Waals surface area contributed by atoms with Crippen molar-refractivity contribution in [3.63, 3.8) is 0 Å². The Balaban J connectivity index is 1.63. The molecular formula is C16H14F3N4O4S+. The number of Topliss-reactive ketones (excluding diaryl/α,β-unsaturated/α-hetero) is 1. The number of amidine groups is 1. The van der Waals surface area contributed by atoms with Gasteiger partial charge in [0.15, 0.2) is 17.3 Å². The van der Waals surface area contributed by atoms with Crippen LogP contribution >= 0.6 is 11.8 Å². The summed E-state index contributed by atoms with van der Waals surface area (Å²) in [4.78, 5) is 12.2. The summed E-state index contributed by atoms with van der Waals surface area (Å²) >= 11 is 1.09. The first-order valence-electron chi connectivity index (χ1n) is 7.72. The van der Waals surface area contributed by atoms with E-state index in [0.717, 1.165) is 17.8 Å². The third-order valence-corrected chi connectivity index (χ3v) is 4.48. The van der Waals surface area contributed by atoms with Crippen LogP contribution in [0.15, 0.2) is 47.6 Å². The number of nitrogens with two attached hydrogens (primary N) is 1. The third-order valence-electron chi connectivity index (χ3n) is 3.53. The highest BCUT2D eigenvalue weighted by Gasteiger charge is 2.31. The topological polar surface area (TPSA) is 111 Å². The second-order valence-corrected chi connectivity index (χ2v) is 6.42. The molecule has 2 aromatic carbocycles. The van der Waals surface area contributed by atoms with Crippen molar-refractivity contribution in [2.75, 3.05) is 10.8 Å². The maximum atomic E-state index is 12.2. The number of anilines is 1. The molecule has 12 heteroatoms. The monoisotopic (exact) mass is 415 g/mol. The van der Waals surface area contributed by atoms with Crippen LogP contribution in [0, 0.1) is 0 Å². The molecule has 8 nitrogen and oxygen atoms in total. The lowest BCUT2D eigenvalue weighted by Gasteiger charge is -2.15. The van der Waals surface area contributed by atoms with Gasteiger partial charge < -0.3 is 14.9 Å². The van der Waals surface area contributed by atoms with E-state index in [0.29, 0.717) is 10.9 Å². The SMILES string of the molecule is O=C(CSC1=NN[NH2+]N1c1ccc(OC(F)(F)F)cc1)c1ccc(O)c(O)c1. The number of thioether (sulfide) groups is 1. The van der Waals surface area contributed by atoms with Gasteiger partial charge in [0.1, 0.15) is 5.75 Å². The van der Waals surface area contributed by atoms with E-state index in [9.17, 15) is 28.2 Å². The summed E-state index contributed by atoms with van der Waals surface area (Å²) in [6.45, 7) is 0. The van der Waals surface area contributed by atoms with Gasteiger partial charge >= 0.3 is 6.36 Å². The Labute approximate surface area is 160 Å². The normalized spacial score (nSPS) is 13.8. The first-order valence-corrected chi connectivity index (χ1v) is 8.71. The number of carbonyl (C=O) groups is 1. The van der Waals surface area contributed by atoms with Crippen LogP contribution in [0.5, 0.6) is 17.2 Å². The van der Waals surface area contributed by atoms with Crippen LogP contribution in [0.1, 0.15) is 10.4 Å². The quantitative estimate of drug-likeness (QED) is 0.334. The molecule has 1 heterocycles. The maximum Gasteiger partial charge on any atom is 0.573 e. The summed E-state index contributed by atoms with van der Waals surface area (Å²) in [6, 6.07) is 8.93. The summed E-state index contributed by atoms with van der Waals surface area (Å²) in [5.74, 6) is -1.38. The Morgan fingerprint density at radius 3 is 2.54 bits per heavy atom. The van der Waals surface area contributed by atoms with Gasteiger partial charge in [-0.25, -0.2) is 0 Å². The molecule has 0 amide bonds. The van der Waals surface area contributed by atoms with Gasteiger partial charge in [-0.2, -0.15) is 0 Å². The maximum absolute atomic E-state index is 12.2. The number of rotatable bonds is 5. The number of hydrazone groups is 1. The molecule has 1 aliphatic heterocycles. The van der Waals surface area contributed by atoms with Crippen molar-refractivity contribution in [3.8, 4) is 17.2 Å². The number of phenols is 2. The van der Waals surface area contributed by atoms with Crippen molar-refractivity contribution in [2.45, 2.75) is 6.36 Å². The molecule has 0 unspecified atom stereocenters. The molecule has 0 spiro atoms. The second kappa shape index (κ2) is 7.86. The Morgan fingerprint density at radius 2 is 1.89 bits per heavy atom. The number of carbonyl (C=O) groups excluding carboxylic acids is 1. The summed E-state index contributed by atoms with van der Waals surface area (Å²) in [5, 5.41) is 24.8. The Hall–Kier alpha value is -3.12. The number of aromatic hydroxyl groups is 2. The molecule has 148 valence electrons.